The summed E-state index contributed by atoms with van der Waals surface area (Å²) in [7, 11) is 0. The van der Waals surface area contributed by atoms with Crippen molar-refractivity contribution in [2.24, 2.45) is 0 Å². The second kappa shape index (κ2) is 6.26. The van der Waals surface area contributed by atoms with Crippen molar-refractivity contribution in [3.05, 3.63) is 28.3 Å². The van der Waals surface area contributed by atoms with Gasteiger partial charge in [0.05, 0.1) is 16.8 Å². The van der Waals surface area contributed by atoms with Gasteiger partial charge < -0.3 is 15.4 Å². The number of hydrogen-bond acceptors (Lipinski definition) is 2. The van der Waals surface area contributed by atoms with E-state index >= 15 is 0 Å². The average molecular weight is 283 g/mol. The summed E-state index contributed by atoms with van der Waals surface area (Å²) >= 11 is 6.14. The van der Waals surface area contributed by atoms with Gasteiger partial charge in [-0.25, -0.2) is 4.79 Å². The maximum absolute atomic E-state index is 11.8. The summed E-state index contributed by atoms with van der Waals surface area (Å²) in [5.74, 6) is 0. The lowest BCUT2D eigenvalue weighted by Gasteiger charge is -2.14. The molecule has 1 fully saturated rings. The number of ether oxygens (including phenoxy) is 1. The molecule has 19 heavy (non-hydrogen) atoms. The molecule has 0 aromatic heterocycles. The molecular weight excluding hydrogens is 264 g/mol. The van der Waals surface area contributed by atoms with Gasteiger partial charge in [-0.05, 0) is 43.9 Å². The van der Waals surface area contributed by atoms with Crippen molar-refractivity contribution in [2.75, 3.05) is 18.5 Å². The molecule has 4 nitrogen and oxygen atoms in total. The van der Waals surface area contributed by atoms with Crippen molar-refractivity contribution in [1.82, 2.24) is 5.32 Å². The minimum atomic E-state index is -0.246. The molecule has 0 saturated carbocycles. The second-order valence-corrected chi connectivity index (χ2v) is 5.32. The Labute approximate surface area is 118 Å². The summed E-state index contributed by atoms with van der Waals surface area (Å²) < 4.78 is 5.45. The highest BCUT2D eigenvalue weighted by molar-refractivity contribution is 6.34. The maximum atomic E-state index is 11.8. The standard InChI is InChI=1S/C14H19ClN2O2/c1-9-6-10(2)13(12(15)7-9)17-14(18)16-8-11-4-3-5-19-11/h6-7,11H,3-5,8H2,1-2H3,(H2,16,17,18). The number of carbonyl (C=O) groups is 1. The van der Waals surface area contributed by atoms with Gasteiger partial charge in [-0.1, -0.05) is 17.7 Å². The lowest BCUT2D eigenvalue weighted by atomic mass is 10.1. The Morgan fingerprint density at radius 3 is 2.89 bits per heavy atom. The van der Waals surface area contributed by atoms with Crippen LogP contribution in [0.4, 0.5) is 10.5 Å². The first-order chi connectivity index (χ1) is 9.06. The number of carbonyl (C=O) groups excluding carboxylic acids is 1. The van der Waals surface area contributed by atoms with E-state index in [1.54, 1.807) is 0 Å². The molecule has 104 valence electrons. The molecule has 0 bridgehead atoms. The summed E-state index contributed by atoms with van der Waals surface area (Å²) in [6.07, 6.45) is 2.21. The van der Waals surface area contributed by atoms with E-state index in [4.69, 9.17) is 16.3 Å². The van der Waals surface area contributed by atoms with Crippen molar-refractivity contribution in [3.8, 4) is 0 Å². The number of benzene rings is 1. The van der Waals surface area contributed by atoms with Crippen molar-refractivity contribution < 1.29 is 9.53 Å². The highest BCUT2D eigenvalue weighted by Crippen LogP contribution is 2.27. The predicted octanol–water partition coefficient (Wildman–Crippen LogP) is 3.26. The van der Waals surface area contributed by atoms with E-state index in [0.29, 0.717) is 17.3 Å². The largest absolute Gasteiger partial charge is 0.376 e. The molecule has 2 amide bonds. The molecule has 0 aliphatic carbocycles. The fourth-order valence-electron chi connectivity index (χ4n) is 2.24. The molecule has 0 radical (unpaired) electrons. The fourth-order valence-corrected chi connectivity index (χ4v) is 2.61. The van der Waals surface area contributed by atoms with Gasteiger partial charge >= 0.3 is 6.03 Å². The SMILES string of the molecule is Cc1cc(C)c(NC(=O)NCC2CCCO2)c(Cl)c1. The monoisotopic (exact) mass is 282 g/mol. The van der Waals surface area contributed by atoms with E-state index in [2.05, 4.69) is 10.6 Å². The molecule has 1 heterocycles. The van der Waals surface area contributed by atoms with Crippen LogP contribution in [-0.2, 0) is 4.74 Å². The maximum Gasteiger partial charge on any atom is 0.319 e. The van der Waals surface area contributed by atoms with E-state index in [-0.39, 0.29) is 12.1 Å². The number of urea groups is 1. The minimum Gasteiger partial charge on any atom is -0.376 e. The van der Waals surface area contributed by atoms with E-state index < -0.39 is 0 Å². The van der Waals surface area contributed by atoms with Gasteiger partial charge in [0.1, 0.15) is 0 Å². The smallest absolute Gasteiger partial charge is 0.319 e. The summed E-state index contributed by atoms with van der Waals surface area (Å²) in [5.41, 5.74) is 2.70. The molecule has 1 aliphatic heterocycles. The van der Waals surface area contributed by atoms with Crippen molar-refractivity contribution in [2.45, 2.75) is 32.8 Å². The van der Waals surface area contributed by atoms with Crippen LogP contribution in [0.5, 0.6) is 0 Å². The van der Waals surface area contributed by atoms with Crippen LogP contribution >= 0.6 is 11.6 Å². The molecular formula is C14H19ClN2O2. The van der Waals surface area contributed by atoms with Gasteiger partial charge in [-0.2, -0.15) is 0 Å². The average Bonchev–Trinajstić information content (AvgIpc) is 2.84. The van der Waals surface area contributed by atoms with Crippen LogP contribution < -0.4 is 10.6 Å². The first kappa shape index (κ1) is 14.2. The van der Waals surface area contributed by atoms with Crippen molar-refractivity contribution in [1.29, 1.82) is 0 Å². The van der Waals surface area contributed by atoms with Crippen LogP contribution in [0.15, 0.2) is 12.1 Å². The number of amides is 2. The third kappa shape index (κ3) is 3.85. The second-order valence-electron chi connectivity index (χ2n) is 4.91. The molecule has 2 N–H and O–H groups in total. The molecule has 1 aliphatic rings. The fraction of sp³-hybridized carbons (Fsp3) is 0.500. The Hall–Kier alpha value is -1.26. The number of rotatable bonds is 3. The van der Waals surface area contributed by atoms with Gasteiger partial charge in [0.15, 0.2) is 0 Å². The Bertz CT molecular complexity index is 448. The van der Waals surface area contributed by atoms with Gasteiger partial charge in [0.2, 0.25) is 0 Å². The third-order valence-electron chi connectivity index (χ3n) is 3.18. The number of nitrogens with one attached hydrogen (secondary N) is 2. The van der Waals surface area contributed by atoms with Crippen LogP contribution in [0, 0.1) is 13.8 Å². The Morgan fingerprint density at radius 2 is 2.26 bits per heavy atom. The normalized spacial score (nSPS) is 18.4. The Balaban J connectivity index is 1.91. The number of halogens is 1. The van der Waals surface area contributed by atoms with Gasteiger partial charge in [0.25, 0.3) is 0 Å². The summed E-state index contributed by atoms with van der Waals surface area (Å²) in [6.45, 7) is 5.22. The van der Waals surface area contributed by atoms with Gasteiger partial charge in [-0.3, -0.25) is 0 Å². The zero-order valence-corrected chi connectivity index (χ0v) is 12.0. The predicted molar refractivity (Wildman–Crippen MR) is 76.9 cm³/mol. The van der Waals surface area contributed by atoms with Crippen LogP contribution in [0.25, 0.3) is 0 Å². The van der Waals surface area contributed by atoms with Crippen molar-refractivity contribution in [3.63, 3.8) is 0 Å². The molecule has 1 atom stereocenters. The van der Waals surface area contributed by atoms with Crippen LogP contribution in [-0.4, -0.2) is 25.3 Å². The minimum absolute atomic E-state index is 0.139. The Kier molecular flexibility index (Phi) is 4.66. The van der Waals surface area contributed by atoms with E-state index in [9.17, 15) is 4.79 Å². The van der Waals surface area contributed by atoms with E-state index in [1.165, 1.54) is 0 Å². The molecule has 1 aromatic carbocycles. The lowest BCUT2D eigenvalue weighted by Crippen LogP contribution is -2.35. The summed E-state index contributed by atoms with van der Waals surface area (Å²) in [6, 6.07) is 3.58. The Morgan fingerprint density at radius 1 is 1.47 bits per heavy atom. The topological polar surface area (TPSA) is 50.4 Å². The van der Waals surface area contributed by atoms with Gasteiger partial charge in [0, 0.05) is 13.2 Å². The zero-order valence-electron chi connectivity index (χ0n) is 11.3. The lowest BCUT2D eigenvalue weighted by molar-refractivity contribution is 0.112. The highest BCUT2D eigenvalue weighted by atomic mass is 35.5. The van der Waals surface area contributed by atoms with E-state index in [0.717, 1.165) is 30.6 Å². The van der Waals surface area contributed by atoms with Crippen molar-refractivity contribution >= 4 is 23.3 Å². The molecule has 1 unspecified atom stereocenters. The summed E-state index contributed by atoms with van der Waals surface area (Å²) in [4.78, 5) is 11.8. The van der Waals surface area contributed by atoms with Crippen LogP contribution in [0.1, 0.15) is 24.0 Å². The highest BCUT2D eigenvalue weighted by Gasteiger charge is 2.16. The number of anilines is 1. The molecule has 1 aromatic rings. The quantitative estimate of drug-likeness (QED) is 0.894. The molecule has 2 rings (SSSR count). The van der Waals surface area contributed by atoms with E-state index in [1.807, 2.05) is 26.0 Å². The molecule has 1 saturated heterocycles. The first-order valence-corrected chi connectivity index (χ1v) is 6.87. The molecule has 5 heteroatoms. The third-order valence-corrected chi connectivity index (χ3v) is 3.48. The molecule has 0 spiro atoms. The zero-order chi connectivity index (χ0) is 13.8. The number of hydrogen-bond donors (Lipinski definition) is 2. The number of aryl methyl sites for hydroxylation is 2. The summed E-state index contributed by atoms with van der Waals surface area (Å²) in [5, 5.41) is 6.16. The van der Waals surface area contributed by atoms with Gasteiger partial charge in [-0.15, -0.1) is 0 Å². The first-order valence-electron chi connectivity index (χ1n) is 6.49. The van der Waals surface area contributed by atoms with Crippen LogP contribution in [0.3, 0.4) is 0 Å². The van der Waals surface area contributed by atoms with Crippen LogP contribution in [0.2, 0.25) is 5.02 Å².